The third-order valence-electron chi connectivity index (χ3n) is 0.677. The zero-order valence-corrected chi connectivity index (χ0v) is 10.1. The first-order valence-corrected chi connectivity index (χ1v) is 4.27. The number of nitrogens with one attached hydrogen (secondary N) is 2. The van der Waals surface area contributed by atoms with Gasteiger partial charge in [0.25, 0.3) is 0 Å². The van der Waals surface area contributed by atoms with Crippen molar-refractivity contribution in [3.05, 3.63) is 0 Å². The maximum Gasteiger partial charge on any atom is 2.00 e. The zero-order valence-electron chi connectivity index (χ0n) is 5.50. The second kappa shape index (κ2) is 9.09. The van der Waals surface area contributed by atoms with E-state index in [9.17, 15) is 0 Å². The van der Waals surface area contributed by atoms with Crippen LogP contribution in [-0.4, -0.2) is 21.7 Å². The van der Waals surface area contributed by atoms with Crippen LogP contribution < -0.4 is 10.6 Å². The molecule has 0 fully saturated rings. The van der Waals surface area contributed by atoms with Crippen LogP contribution in [0.1, 0.15) is 0 Å². The van der Waals surface area contributed by atoms with Crippen molar-refractivity contribution < 1.29 is 17.1 Å². The standard InChI is InChI=1S/C4H8N2S4.Mn/c7-3(8)5-1-2-6-4(9)10;/h1-2H2,(H2,5,7,8)(H2,6,9,10);/q;+2. The second-order valence-corrected chi connectivity index (χ2v) is 3.78. The zero-order chi connectivity index (χ0) is 7.98. The van der Waals surface area contributed by atoms with Gasteiger partial charge in [0.1, 0.15) is 8.64 Å². The third-order valence-corrected chi connectivity index (χ3v) is 1.28. The van der Waals surface area contributed by atoms with Crippen LogP contribution >= 0.6 is 49.7 Å². The molecule has 0 aliphatic rings. The fourth-order valence-corrected chi connectivity index (χ4v) is 0.767. The molecule has 1 radical (unpaired) electrons. The van der Waals surface area contributed by atoms with Crippen molar-refractivity contribution in [2.75, 3.05) is 13.1 Å². The monoisotopic (exact) mass is 267 g/mol. The van der Waals surface area contributed by atoms with Crippen molar-refractivity contribution in [3.8, 4) is 0 Å². The second-order valence-electron chi connectivity index (χ2n) is 1.46. The average molecular weight is 267 g/mol. The van der Waals surface area contributed by atoms with Crippen molar-refractivity contribution in [1.29, 1.82) is 0 Å². The largest absolute Gasteiger partial charge is 2.00 e. The summed E-state index contributed by atoms with van der Waals surface area (Å²) in [6.07, 6.45) is 0. The molecule has 0 atom stereocenters. The number of hydrogen-bond acceptors (Lipinski definition) is 2. The minimum absolute atomic E-state index is 0. The van der Waals surface area contributed by atoms with E-state index in [1.165, 1.54) is 0 Å². The first-order chi connectivity index (χ1) is 4.63. The first kappa shape index (κ1) is 14.5. The Morgan fingerprint density at radius 2 is 1.27 bits per heavy atom. The summed E-state index contributed by atoms with van der Waals surface area (Å²) in [5, 5.41) is 5.68. The van der Waals surface area contributed by atoms with E-state index in [0.29, 0.717) is 21.7 Å². The predicted molar refractivity (Wildman–Crippen MR) is 59.2 cm³/mol. The maximum atomic E-state index is 4.65. The third kappa shape index (κ3) is 13.9. The van der Waals surface area contributed by atoms with Crippen molar-refractivity contribution in [2.45, 2.75) is 0 Å². The topological polar surface area (TPSA) is 24.1 Å². The Balaban J connectivity index is 0. The summed E-state index contributed by atoms with van der Waals surface area (Å²) in [7, 11) is 0. The van der Waals surface area contributed by atoms with Crippen LogP contribution in [0.15, 0.2) is 0 Å². The molecule has 0 aromatic carbocycles. The molecular weight excluding hydrogens is 259 g/mol. The summed E-state index contributed by atoms with van der Waals surface area (Å²) in [5.74, 6) is 0. The summed E-state index contributed by atoms with van der Waals surface area (Å²) in [6, 6.07) is 0. The maximum absolute atomic E-state index is 4.65. The van der Waals surface area contributed by atoms with Crippen LogP contribution in [0.2, 0.25) is 0 Å². The molecule has 0 aliphatic heterocycles. The Morgan fingerprint density at radius 1 is 1.00 bits per heavy atom. The van der Waals surface area contributed by atoms with Gasteiger partial charge >= 0.3 is 17.1 Å². The van der Waals surface area contributed by atoms with Gasteiger partial charge < -0.3 is 10.6 Å². The summed E-state index contributed by atoms with van der Waals surface area (Å²) >= 11 is 17.0. The SMILES string of the molecule is S=C(S)NCCNC(=S)S.[Mn+2]. The van der Waals surface area contributed by atoms with Crippen molar-refractivity contribution in [2.24, 2.45) is 0 Å². The molecule has 0 spiro atoms. The molecule has 0 bridgehead atoms. The molecule has 0 heterocycles. The molecule has 63 valence electrons. The van der Waals surface area contributed by atoms with Gasteiger partial charge in [0.05, 0.1) is 0 Å². The number of hydrogen-bond donors (Lipinski definition) is 4. The van der Waals surface area contributed by atoms with Crippen LogP contribution in [0.25, 0.3) is 0 Å². The molecule has 0 unspecified atom stereocenters. The molecule has 7 heteroatoms. The van der Waals surface area contributed by atoms with Crippen LogP contribution in [0.3, 0.4) is 0 Å². The van der Waals surface area contributed by atoms with Gasteiger partial charge in [-0.2, -0.15) is 0 Å². The van der Waals surface area contributed by atoms with Gasteiger partial charge in [-0.1, -0.05) is 24.4 Å². The summed E-state index contributed by atoms with van der Waals surface area (Å²) in [6.45, 7) is 1.42. The van der Waals surface area contributed by atoms with Crippen molar-refractivity contribution in [1.82, 2.24) is 10.6 Å². The van der Waals surface area contributed by atoms with Crippen LogP contribution in [0.4, 0.5) is 0 Å². The average Bonchev–Trinajstić information content (AvgIpc) is 1.79. The van der Waals surface area contributed by atoms with Gasteiger partial charge in [-0.25, -0.2) is 0 Å². The molecule has 0 saturated carbocycles. The number of thiol groups is 2. The summed E-state index contributed by atoms with van der Waals surface area (Å²) in [5.41, 5.74) is 0. The first-order valence-electron chi connectivity index (χ1n) is 2.56. The smallest absolute Gasteiger partial charge is 0.369 e. The van der Waals surface area contributed by atoms with E-state index in [4.69, 9.17) is 0 Å². The Kier molecular flexibility index (Phi) is 12.0. The van der Waals surface area contributed by atoms with E-state index < -0.39 is 0 Å². The molecule has 0 aromatic rings. The Bertz CT molecular complexity index is 124. The molecule has 2 N–H and O–H groups in total. The van der Waals surface area contributed by atoms with Gasteiger partial charge in [-0.15, -0.1) is 25.3 Å². The Labute approximate surface area is 98.6 Å². The summed E-state index contributed by atoms with van der Waals surface area (Å²) in [4.78, 5) is 0. The van der Waals surface area contributed by atoms with Gasteiger partial charge in [-0.05, 0) is 0 Å². The molecule has 0 rings (SSSR count). The van der Waals surface area contributed by atoms with E-state index in [2.05, 4.69) is 60.3 Å². The molecule has 0 saturated heterocycles. The fourth-order valence-electron chi connectivity index (χ4n) is 0.339. The molecular formula is C4H8MnN2S4+2. The van der Waals surface area contributed by atoms with Gasteiger partial charge in [0.2, 0.25) is 0 Å². The van der Waals surface area contributed by atoms with E-state index in [-0.39, 0.29) is 17.1 Å². The fraction of sp³-hybridized carbons (Fsp3) is 0.500. The van der Waals surface area contributed by atoms with Gasteiger partial charge in [0.15, 0.2) is 0 Å². The van der Waals surface area contributed by atoms with Gasteiger partial charge in [0, 0.05) is 13.1 Å². The number of thiocarbonyl (C=S) groups is 2. The molecule has 2 nitrogen and oxygen atoms in total. The van der Waals surface area contributed by atoms with E-state index in [1.54, 1.807) is 0 Å². The molecule has 0 aromatic heterocycles. The van der Waals surface area contributed by atoms with E-state index in [0.717, 1.165) is 0 Å². The van der Waals surface area contributed by atoms with E-state index >= 15 is 0 Å². The van der Waals surface area contributed by atoms with E-state index in [1.807, 2.05) is 0 Å². The van der Waals surface area contributed by atoms with Crippen LogP contribution in [0, 0.1) is 0 Å². The minimum atomic E-state index is 0. The number of rotatable bonds is 3. The molecule has 0 aliphatic carbocycles. The minimum Gasteiger partial charge on any atom is -0.369 e. The summed E-state index contributed by atoms with van der Waals surface area (Å²) < 4.78 is 0.985. The van der Waals surface area contributed by atoms with Crippen LogP contribution in [0.5, 0.6) is 0 Å². The Hall–Kier alpha value is 0.999. The predicted octanol–water partition coefficient (Wildman–Crippen LogP) is 0.592. The molecule has 0 amide bonds. The van der Waals surface area contributed by atoms with Crippen molar-refractivity contribution >= 4 is 58.3 Å². The van der Waals surface area contributed by atoms with Gasteiger partial charge in [-0.3, -0.25) is 0 Å². The normalized spacial score (nSPS) is 7.82. The van der Waals surface area contributed by atoms with Crippen LogP contribution in [-0.2, 0) is 17.1 Å². The quantitative estimate of drug-likeness (QED) is 0.260. The Morgan fingerprint density at radius 3 is 1.45 bits per heavy atom. The van der Waals surface area contributed by atoms with Crippen molar-refractivity contribution in [3.63, 3.8) is 0 Å². The molecule has 11 heavy (non-hydrogen) atoms.